The van der Waals surface area contributed by atoms with Gasteiger partial charge in [0, 0.05) is 37.9 Å². The number of benzene rings is 6. The Morgan fingerprint density at radius 3 is 1.95 bits per heavy atom. The van der Waals surface area contributed by atoms with Gasteiger partial charge in [-0.1, -0.05) is 131 Å². The summed E-state index contributed by atoms with van der Waals surface area (Å²) in [5.41, 5.74) is 15.5. The van der Waals surface area contributed by atoms with Gasteiger partial charge in [-0.05, 0) is 76.2 Å². The summed E-state index contributed by atoms with van der Waals surface area (Å²) in [7, 11) is 0. The van der Waals surface area contributed by atoms with E-state index in [0.29, 0.717) is 17.5 Å². The molecule has 264 valence electrons. The summed E-state index contributed by atoms with van der Waals surface area (Å²) in [6, 6.07) is 40.3. The van der Waals surface area contributed by atoms with Crippen molar-refractivity contribution < 1.29 is 8.83 Å². The SMILES string of the molecule is C=CC1=C(C)C(C)(C)c2cc(-c3nc(-c4cccc5c4oc4ccccc45)nc(-c4cccc5c4oc4ccc6c(c45)-c4ccccc4C6(C)C)n3)ccc21. The molecule has 9 aromatic rings. The Bertz CT molecular complexity index is 3190. The van der Waals surface area contributed by atoms with Crippen molar-refractivity contribution in [3.05, 3.63) is 156 Å². The molecule has 0 unspecified atom stereocenters. The molecule has 3 aromatic heterocycles. The van der Waals surface area contributed by atoms with Gasteiger partial charge in [0.15, 0.2) is 17.5 Å². The van der Waals surface area contributed by atoms with E-state index in [9.17, 15) is 0 Å². The van der Waals surface area contributed by atoms with Crippen LogP contribution in [-0.4, -0.2) is 15.0 Å². The molecule has 0 saturated carbocycles. The van der Waals surface area contributed by atoms with E-state index in [1.165, 1.54) is 44.5 Å². The second-order valence-electron chi connectivity index (χ2n) is 16.0. The molecule has 0 fully saturated rings. The lowest BCUT2D eigenvalue weighted by Crippen LogP contribution is -2.15. The summed E-state index contributed by atoms with van der Waals surface area (Å²) in [5, 5.41) is 4.24. The Morgan fingerprint density at radius 1 is 0.527 bits per heavy atom. The van der Waals surface area contributed by atoms with E-state index in [1.807, 2.05) is 36.4 Å². The third-order valence-corrected chi connectivity index (χ3v) is 12.5. The fraction of sp³-hybridized carbons (Fsp3) is 0.140. The fourth-order valence-corrected chi connectivity index (χ4v) is 9.37. The van der Waals surface area contributed by atoms with Gasteiger partial charge < -0.3 is 8.83 Å². The predicted molar refractivity (Wildman–Crippen MR) is 224 cm³/mol. The zero-order valence-corrected chi connectivity index (χ0v) is 31.4. The van der Waals surface area contributed by atoms with Crippen LogP contribution in [0.2, 0.25) is 0 Å². The number of hydrogen-bond donors (Lipinski definition) is 0. The normalized spacial score (nSPS) is 15.3. The highest BCUT2D eigenvalue weighted by molar-refractivity contribution is 6.17. The summed E-state index contributed by atoms with van der Waals surface area (Å²) in [4.78, 5) is 15.7. The summed E-state index contributed by atoms with van der Waals surface area (Å²) < 4.78 is 13.4. The summed E-state index contributed by atoms with van der Waals surface area (Å²) in [6.07, 6.45) is 1.97. The molecule has 3 heterocycles. The van der Waals surface area contributed by atoms with Gasteiger partial charge in [-0.2, -0.15) is 0 Å². The van der Waals surface area contributed by atoms with E-state index in [0.717, 1.165) is 60.6 Å². The summed E-state index contributed by atoms with van der Waals surface area (Å²) >= 11 is 0. The topological polar surface area (TPSA) is 65.0 Å². The maximum atomic E-state index is 6.84. The lowest BCUT2D eigenvalue weighted by molar-refractivity contribution is 0.639. The highest BCUT2D eigenvalue weighted by Gasteiger charge is 2.38. The van der Waals surface area contributed by atoms with Gasteiger partial charge in [0.05, 0.1) is 11.1 Å². The van der Waals surface area contributed by atoms with Crippen molar-refractivity contribution in [3.63, 3.8) is 0 Å². The van der Waals surface area contributed by atoms with Crippen molar-refractivity contribution in [2.45, 2.75) is 45.4 Å². The Labute approximate surface area is 318 Å². The van der Waals surface area contributed by atoms with Crippen LogP contribution in [0, 0.1) is 0 Å². The van der Waals surface area contributed by atoms with Crippen molar-refractivity contribution >= 4 is 49.5 Å². The first-order chi connectivity index (χ1) is 26.6. The number of para-hydroxylation sites is 3. The van der Waals surface area contributed by atoms with E-state index >= 15 is 0 Å². The first-order valence-electron chi connectivity index (χ1n) is 18.9. The van der Waals surface area contributed by atoms with Crippen molar-refractivity contribution in [2.75, 3.05) is 0 Å². The molecule has 11 rings (SSSR count). The van der Waals surface area contributed by atoms with Gasteiger partial charge in [0.25, 0.3) is 0 Å². The summed E-state index contributed by atoms with van der Waals surface area (Å²) in [6.45, 7) is 15.5. The zero-order valence-electron chi connectivity index (χ0n) is 31.4. The van der Waals surface area contributed by atoms with E-state index in [4.69, 9.17) is 23.8 Å². The molecule has 0 N–H and O–H groups in total. The molecule has 0 amide bonds. The molecular weight excluding hydrogens is 675 g/mol. The monoisotopic (exact) mass is 711 g/mol. The van der Waals surface area contributed by atoms with E-state index in [2.05, 4.69) is 126 Å². The minimum Gasteiger partial charge on any atom is -0.455 e. The molecular formula is C50H37N3O2. The molecule has 0 aliphatic heterocycles. The number of rotatable bonds is 4. The number of nitrogens with zero attached hydrogens (tertiary/aromatic N) is 3. The van der Waals surface area contributed by atoms with Gasteiger partial charge >= 0.3 is 0 Å². The fourth-order valence-electron chi connectivity index (χ4n) is 9.37. The first-order valence-corrected chi connectivity index (χ1v) is 18.9. The van der Waals surface area contributed by atoms with Crippen LogP contribution in [0.3, 0.4) is 0 Å². The Hall–Kier alpha value is -6.59. The van der Waals surface area contributed by atoms with Crippen molar-refractivity contribution in [3.8, 4) is 45.3 Å². The van der Waals surface area contributed by atoms with Crippen LogP contribution in [0.15, 0.2) is 142 Å². The maximum absolute atomic E-state index is 6.84. The second kappa shape index (κ2) is 11.0. The molecule has 0 atom stereocenters. The zero-order chi connectivity index (χ0) is 37.4. The number of hydrogen-bond acceptors (Lipinski definition) is 5. The quantitative estimate of drug-likeness (QED) is 0.182. The van der Waals surface area contributed by atoms with Crippen LogP contribution in [0.4, 0.5) is 0 Å². The van der Waals surface area contributed by atoms with Crippen LogP contribution in [0.1, 0.15) is 56.9 Å². The van der Waals surface area contributed by atoms with Gasteiger partial charge in [-0.3, -0.25) is 0 Å². The summed E-state index contributed by atoms with van der Waals surface area (Å²) in [5.74, 6) is 1.66. The minimum absolute atomic E-state index is 0.123. The van der Waals surface area contributed by atoms with Gasteiger partial charge in [-0.15, -0.1) is 0 Å². The molecule has 0 spiro atoms. The van der Waals surface area contributed by atoms with Gasteiger partial charge in [-0.25, -0.2) is 15.0 Å². The average Bonchev–Trinajstić information content (AvgIpc) is 3.90. The largest absolute Gasteiger partial charge is 0.455 e. The molecule has 5 nitrogen and oxygen atoms in total. The predicted octanol–water partition coefficient (Wildman–Crippen LogP) is 13.2. The molecule has 55 heavy (non-hydrogen) atoms. The average molecular weight is 712 g/mol. The van der Waals surface area contributed by atoms with Crippen LogP contribution >= 0.6 is 0 Å². The minimum atomic E-state index is -0.166. The number of allylic oxidation sites excluding steroid dienone is 3. The van der Waals surface area contributed by atoms with Crippen molar-refractivity contribution in [2.24, 2.45) is 0 Å². The number of fused-ring (bicyclic) bond motifs is 11. The Morgan fingerprint density at radius 2 is 1.16 bits per heavy atom. The Balaban J connectivity index is 1.18. The molecule has 5 heteroatoms. The van der Waals surface area contributed by atoms with Crippen LogP contribution in [0.25, 0.3) is 94.7 Å². The standard InChI is InChI=1S/C50H37N3O2/c1-7-29-27(2)49(3,4)39-26-28(22-23-30(29)39)46-51-47(35-18-12-16-32-31-14-9-11-21-40(31)54-44(32)35)53-48(52-46)36-19-13-17-34-43-41(55-45(34)36)25-24-38-42(43)33-15-8-10-20-37(33)50(38,5)6/h7-26H,1H2,2-6H3. The molecule has 2 aliphatic rings. The lowest BCUT2D eigenvalue weighted by atomic mass is 9.81. The van der Waals surface area contributed by atoms with Crippen molar-refractivity contribution in [1.82, 2.24) is 15.0 Å². The Kier molecular flexibility index (Phi) is 6.37. The third kappa shape index (κ3) is 4.26. The van der Waals surface area contributed by atoms with E-state index in [-0.39, 0.29) is 10.8 Å². The maximum Gasteiger partial charge on any atom is 0.167 e. The third-order valence-electron chi connectivity index (χ3n) is 12.5. The highest BCUT2D eigenvalue weighted by atomic mass is 16.3. The second-order valence-corrected chi connectivity index (χ2v) is 16.0. The molecule has 0 radical (unpaired) electrons. The van der Waals surface area contributed by atoms with Crippen LogP contribution in [0.5, 0.6) is 0 Å². The highest BCUT2D eigenvalue weighted by Crippen LogP contribution is 2.53. The van der Waals surface area contributed by atoms with Crippen LogP contribution in [-0.2, 0) is 10.8 Å². The number of aromatic nitrogens is 3. The van der Waals surface area contributed by atoms with E-state index < -0.39 is 0 Å². The van der Waals surface area contributed by atoms with E-state index in [1.54, 1.807) is 0 Å². The molecule has 0 saturated heterocycles. The molecule has 2 aliphatic carbocycles. The smallest absolute Gasteiger partial charge is 0.167 e. The molecule has 6 aromatic carbocycles. The van der Waals surface area contributed by atoms with Gasteiger partial charge in [0.2, 0.25) is 0 Å². The van der Waals surface area contributed by atoms with Crippen molar-refractivity contribution in [1.29, 1.82) is 0 Å². The lowest BCUT2D eigenvalue weighted by Gasteiger charge is -2.22. The number of furan rings is 2. The van der Waals surface area contributed by atoms with Crippen LogP contribution < -0.4 is 0 Å². The molecule has 0 bridgehead atoms. The first kappa shape index (κ1) is 31.9. The van der Waals surface area contributed by atoms with Gasteiger partial charge in [0.1, 0.15) is 22.3 Å².